The highest BCUT2D eigenvalue weighted by molar-refractivity contribution is 5.99. The number of carbonyl (C=O) groups excluding carboxylic acids is 1. The zero-order valence-electron chi connectivity index (χ0n) is 14.1. The van der Waals surface area contributed by atoms with Gasteiger partial charge < -0.3 is 5.32 Å². The molecule has 2 aromatic carbocycles. The molecule has 1 aliphatic rings. The monoisotopic (exact) mass is 308 g/mol. The number of amides is 1. The highest BCUT2D eigenvalue weighted by Gasteiger charge is 2.45. The zero-order chi connectivity index (χ0) is 16.4. The van der Waals surface area contributed by atoms with Crippen molar-refractivity contribution in [2.75, 3.05) is 19.4 Å². The molecule has 0 fully saturated rings. The fourth-order valence-electron chi connectivity index (χ4n) is 3.35. The van der Waals surface area contributed by atoms with Crippen molar-refractivity contribution in [3.05, 3.63) is 65.2 Å². The molecule has 0 aliphatic heterocycles. The Morgan fingerprint density at radius 1 is 1.04 bits per heavy atom. The van der Waals surface area contributed by atoms with Crippen LogP contribution in [0.25, 0.3) is 0 Å². The van der Waals surface area contributed by atoms with Gasteiger partial charge in [-0.3, -0.25) is 9.69 Å². The molecule has 0 saturated heterocycles. The Kier molecular flexibility index (Phi) is 4.22. The minimum Gasteiger partial charge on any atom is -0.324 e. The second-order valence-electron chi connectivity index (χ2n) is 6.55. The summed E-state index contributed by atoms with van der Waals surface area (Å²) in [5, 5.41) is 3.11. The molecule has 0 atom stereocenters. The van der Waals surface area contributed by atoms with Gasteiger partial charge in [-0.25, -0.2) is 0 Å². The predicted molar refractivity (Wildman–Crippen MR) is 94.7 cm³/mol. The molecule has 0 bridgehead atoms. The van der Waals surface area contributed by atoms with Crippen LogP contribution in [0.5, 0.6) is 0 Å². The third kappa shape index (κ3) is 2.89. The van der Waals surface area contributed by atoms with Gasteiger partial charge in [-0.1, -0.05) is 43.3 Å². The standard InChI is InChI=1S/C20H24N2O/c1-4-15-9-11-18(12-10-15)21-19(23)20(22(2)3)13-16-7-5-6-8-17(16)14-20/h5-12H,4,13-14H2,1-3H3,(H,21,23). The van der Waals surface area contributed by atoms with Gasteiger partial charge >= 0.3 is 0 Å². The van der Waals surface area contributed by atoms with E-state index in [-0.39, 0.29) is 5.91 Å². The van der Waals surface area contributed by atoms with Crippen molar-refractivity contribution in [1.29, 1.82) is 0 Å². The number of fused-ring (bicyclic) bond motifs is 1. The van der Waals surface area contributed by atoms with Crippen molar-refractivity contribution in [3.8, 4) is 0 Å². The number of benzene rings is 2. The lowest BCUT2D eigenvalue weighted by Gasteiger charge is -2.34. The topological polar surface area (TPSA) is 32.3 Å². The van der Waals surface area contributed by atoms with Gasteiger partial charge in [-0.15, -0.1) is 0 Å². The van der Waals surface area contributed by atoms with Crippen molar-refractivity contribution < 1.29 is 4.79 Å². The van der Waals surface area contributed by atoms with Crippen molar-refractivity contribution in [2.24, 2.45) is 0 Å². The van der Waals surface area contributed by atoms with Crippen LogP contribution in [-0.2, 0) is 24.1 Å². The summed E-state index contributed by atoms with van der Waals surface area (Å²) in [5.41, 5.74) is 4.19. The van der Waals surface area contributed by atoms with E-state index in [4.69, 9.17) is 0 Å². The Balaban J connectivity index is 1.83. The third-order valence-corrected chi connectivity index (χ3v) is 4.98. The number of rotatable bonds is 4. The van der Waals surface area contributed by atoms with Crippen molar-refractivity contribution in [1.82, 2.24) is 4.90 Å². The number of aryl methyl sites for hydroxylation is 1. The smallest absolute Gasteiger partial charge is 0.245 e. The van der Waals surface area contributed by atoms with Crippen LogP contribution in [0.2, 0.25) is 0 Å². The quantitative estimate of drug-likeness (QED) is 0.940. The number of anilines is 1. The molecule has 0 unspecified atom stereocenters. The first-order chi connectivity index (χ1) is 11.0. The number of carbonyl (C=O) groups is 1. The summed E-state index contributed by atoms with van der Waals surface area (Å²) < 4.78 is 0. The Labute approximate surface area is 138 Å². The fraction of sp³-hybridized carbons (Fsp3) is 0.350. The largest absolute Gasteiger partial charge is 0.324 e. The van der Waals surface area contributed by atoms with Crippen molar-refractivity contribution >= 4 is 11.6 Å². The molecule has 1 aliphatic carbocycles. The summed E-state index contributed by atoms with van der Waals surface area (Å²) in [7, 11) is 3.98. The van der Waals surface area contributed by atoms with E-state index in [2.05, 4.69) is 41.4 Å². The Morgan fingerprint density at radius 2 is 1.61 bits per heavy atom. The molecule has 1 amide bonds. The maximum atomic E-state index is 13.0. The van der Waals surface area contributed by atoms with Crippen LogP contribution in [-0.4, -0.2) is 30.4 Å². The molecule has 0 aromatic heterocycles. The van der Waals surface area contributed by atoms with Gasteiger partial charge in [-0.2, -0.15) is 0 Å². The van der Waals surface area contributed by atoms with E-state index in [0.717, 1.165) is 24.9 Å². The number of hydrogen-bond donors (Lipinski definition) is 1. The molecule has 3 heteroatoms. The van der Waals surface area contributed by atoms with Gasteiger partial charge in [-0.05, 0) is 49.3 Å². The molecule has 0 spiro atoms. The molecule has 3 rings (SSSR count). The molecule has 0 radical (unpaired) electrons. The molecule has 120 valence electrons. The van der Waals surface area contributed by atoms with Gasteiger partial charge in [0.05, 0.1) is 0 Å². The van der Waals surface area contributed by atoms with Crippen LogP contribution in [0.1, 0.15) is 23.6 Å². The van der Waals surface area contributed by atoms with Gasteiger partial charge in [0.15, 0.2) is 0 Å². The van der Waals surface area contributed by atoms with Gasteiger partial charge in [0.1, 0.15) is 5.54 Å². The lowest BCUT2D eigenvalue weighted by atomic mass is 9.92. The van der Waals surface area contributed by atoms with Crippen LogP contribution in [0.15, 0.2) is 48.5 Å². The van der Waals surface area contributed by atoms with Gasteiger partial charge in [0.25, 0.3) is 0 Å². The minimum absolute atomic E-state index is 0.0722. The summed E-state index contributed by atoms with van der Waals surface area (Å²) in [6, 6.07) is 16.5. The average Bonchev–Trinajstić information content (AvgIpc) is 2.96. The Hall–Kier alpha value is -2.13. The van der Waals surface area contributed by atoms with Crippen molar-refractivity contribution in [2.45, 2.75) is 31.7 Å². The number of nitrogens with one attached hydrogen (secondary N) is 1. The first-order valence-corrected chi connectivity index (χ1v) is 8.20. The molecule has 0 heterocycles. The maximum absolute atomic E-state index is 13.0. The van der Waals surface area contributed by atoms with E-state index in [1.54, 1.807) is 0 Å². The zero-order valence-corrected chi connectivity index (χ0v) is 14.1. The highest BCUT2D eigenvalue weighted by Crippen LogP contribution is 2.34. The van der Waals surface area contributed by atoms with Crippen LogP contribution in [0, 0.1) is 0 Å². The van der Waals surface area contributed by atoms with E-state index >= 15 is 0 Å². The van der Waals surface area contributed by atoms with Crippen LogP contribution in [0.4, 0.5) is 5.69 Å². The van der Waals surface area contributed by atoms with Gasteiger partial charge in [0.2, 0.25) is 5.91 Å². The lowest BCUT2D eigenvalue weighted by molar-refractivity contribution is -0.126. The van der Waals surface area contributed by atoms with Crippen molar-refractivity contribution in [3.63, 3.8) is 0 Å². The van der Waals surface area contributed by atoms with E-state index in [9.17, 15) is 4.79 Å². The third-order valence-electron chi connectivity index (χ3n) is 4.98. The molecular formula is C20H24N2O. The molecule has 2 aromatic rings. The maximum Gasteiger partial charge on any atom is 0.245 e. The highest BCUT2D eigenvalue weighted by atomic mass is 16.2. The number of likely N-dealkylation sites (N-methyl/N-ethyl adjacent to an activating group) is 1. The van der Waals surface area contributed by atoms with E-state index in [0.29, 0.717) is 0 Å². The second kappa shape index (κ2) is 6.17. The first kappa shape index (κ1) is 15.8. The SMILES string of the molecule is CCc1ccc(NC(=O)C2(N(C)C)Cc3ccccc3C2)cc1. The van der Waals surface area contributed by atoms with Crippen LogP contribution in [0.3, 0.4) is 0 Å². The fourth-order valence-corrected chi connectivity index (χ4v) is 3.35. The molecule has 23 heavy (non-hydrogen) atoms. The van der Waals surface area contributed by atoms with Gasteiger partial charge in [0, 0.05) is 18.5 Å². The number of nitrogens with zero attached hydrogens (tertiary/aromatic N) is 1. The molecule has 1 N–H and O–H groups in total. The average molecular weight is 308 g/mol. The van der Waals surface area contributed by atoms with E-state index < -0.39 is 5.54 Å². The molecule has 3 nitrogen and oxygen atoms in total. The molecular weight excluding hydrogens is 284 g/mol. The predicted octanol–water partition coefficient (Wildman–Crippen LogP) is 3.29. The van der Waals surface area contributed by atoms with Crippen LogP contribution < -0.4 is 5.32 Å². The Morgan fingerprint density at radius 3 is 2.09 bits per heavy atom. The summed E-state index contributed by atoms with van der Waals surface area (Å²) in [5.74, 6) is 0.0722. The minimum atomic E-state index is -0.507. The first-order valence-electron chi connectivity index (χ1n) is 8.20. The summed E-state index contributed by atoms with van der Waals surface area (Å²) in [4.78, 5) is 15.1. The van der Waals surface area contributed by atoms with Crippen LogP contribution >= 0.6 is 0 Å². The second-order valence-corrected chi connectivity index (χ2v) is 6.55. The summed E-state index contributed by atoms with van der Waals surface area (Å²) in [6.45, 7) is 2.13. The number of hydrogen-bond acceptors (Lipinski definition) is 2. The Bertz CT molecular complexity index is 679. The summed E-state index contributed by atoms with van der Waals surface area (Å²) >= 11 is 0. The molecule has 0 saturated carbocycles. The van der Waals surface area contributed by atoms with E-state index in [1.807, 2.05) is 38.4 Å². The summed E-state index contributed by atoms with van der Waals surface area (Å²) in [6.07, 6.45) is 2.52. The normalized spacial score (nSPS) is 15.5. The van der Waals surface area contributed by atoms with E-state index in [1.165, 1.54) is 16.7 Å². The lowest BCUT2D eigenvalue weighted by Crippen LogP contribution is -2.54.